The second kappa shape index (κ2) is 8.88. The predicted molar refractivity (Wildman–Crippen MR) is 87.7 cm³/mol. The number of nitrogens with one attached hydrogen (secondary N) is 2. The van der Waals surface area contributed by atoms with Crippen LogP contribution in [0.3, 0.4) is 0 Å². The number of rotatable bonds is 7. The Labute approximate surface area is 133 Å². The van der Waals surface area contributed by atoms with Gasteiger partial charge in [-0.1, -0.05) is 30.3 Å². The molecule has 1 fully saturated rings. The van der Waals surface area contributed by atoms with Crippen molar-refractivity contribution in [1.82, 2.24) is 15.5 Å². The molecule has 1 amide bonds. The number of amides is 1. The first kappa shape index (κ1) is 16.9. The van der Waals surface area contributed by atoms with Gasteiger partial charge < -0.3 is 20.3 Å². The highest BCUT2D eigenvalue weighted by Crippen LogP contribution is 2.13. The molecule has 5 nitrogen and oxygen atoms in total. The summed E-state index contributed by atoms with van der Waals surface area (Å²) >= 11 is 0. The lowest BCUT2D eigenvalue weighted by molar-refractivity contribution is -0.129. The largest absolute Gasteiger partial charge is 0.368 e. The number of hydrogen-bond donors (Lipinski definition) is 2. The van der Waals surface area contributed by atoms with Crippen LogP contribution in [0, 0.1) is 0 Å². The molecule has 2 rings (SSSR count). The van der Waals surface area contributed by atoms with Gasteiger partial charge in [0.15, 0.2) is 0 Å². The Balaban J connectivity index is 1.84. The van der Waals surface area contributed by atoms with Gasteiger partial charge in [-0.2, -0.15) is 0 Å². The van der Waals surface area contributed by atoms with Crippen LogP contribution in [-0.4, -0.2) is 57.2 Å². The van der Waals surface area contributed by atoms with Crippen LogP contribution in [0.1, 0.15) is 24.4 Å². The van der Waals surface area contributed by atoms with Gasteiger partial charge in [0.1, 0.15) is 6.61 Å². The van der Waals surface area contributed by atoms with Gasteiger partial charge in [-0.05, 0) is 45.6 Å². The van der Waals surface area contributed by atoms with E-state index in [1.807, 2.05) is 44.4 Å². The van der Waals surface area contributed by atoms with Crippen molar-refractivity contribution in [3.05, 3.63) is 35.9 Å². The first-order valence-electron chi connectivity index (χ1n) is 7.96. The summed E-state index contributed by atoms with van der Waals surface area (Å²) in [5.74, 6) is -0.0470. The number of likely N-dealkylation sites (N-methyl/N-ethyl adjacent to an activating group) is 1. The number of nitrogens with zero attached hydrogens (tertiary/aromatic N) is 1. The molecule has 1 saturated heterocycles. The minimum absolute atomic E-state index is 0.0136. The third kappa shape index (κ3) is 5.75. The molecule has 1 aromatic carbocycles. The van der Waals surface area contributed by atoms with Crippen molar-refractivity contribution in [3.63, 3.8) is 0 Å². The lowest BCUT2D eigenvalue weighted by atomic mass is 10.1. The van der Waals surface area contributed by atoms with Crippen molar-refractivity contribution in [2.24, 2.45) is 0 Å². The normalized spacial score (nSPS) is 17.4. The minimum atomic E-state index is -0.0470. The minimum Gasteiger partial charge on any atom is -0.368 e. The van der Waals surface area contributed by atoms with E-state index >= 15 is 0 Å². The molecule has 1 aliphatic heterocycles. The van der Waals surface area contributed by atoms with E-state index in [0.717, 1.165) is 38.0 Å². The van der Waals surface area contributed by atoms with Crippen LogP contribution < -0.4 is 10.6 Å². The molecule has 122 valence electrons. The summed E-state index contributed by atoms with van der Waals surface area (Å²) in [5, 5.41) is 6.37. The van der Waals surface area contributed by atoms with Crippen LogP contribution in [0.4, 0.5) is 0 Å². The predicted octanol–water partition coefficient (Wildman–Crippen LogP) is 1.17. The molecule has 1 unspecified atom stereocenters. The molecule has 1 aromatic rings. The zero-order chi connectivity index (χ0) is 15.8. The molecule has 0 spiro atoms. The SMILES string of the molecule is CN(C)CC(NC(=O)COC1CCNCC1)c1ccccc1. The Morgan fingerprint density at radius 3 is 2.64 bits per heavy atom. The average Bonchev–Trinajstić information content (AvgIpc) is 2.54. The van der Waals surface area contributed by atoms with Crippen LogP contribution in [0.5, 0.6) is 0 Å². The van der Waals surface area contributed by atoms with E-state index in [1.165, 1.54) is 0 Å². The molecule has 0 aromatic heterocycles. The molecule has 1 atom stereocenters. The van der Waals surface area contributed by atoms with Gasteiger partial charge in [0, 0.05) is 6.54 Å². The maximum atomic E-state index is 12.2. The van der Waals surface area contributed by atoms with Crippen LogP contribution >= 0.6 is 0 Å². The lowest BCUT2D eigenvalue weighted by Crippen LogP contribution is -2.39. The van der Waals surface area contributed by atoms with Crippen molar-refractivity contribution >= 4 is 5.91 Å². The fourth-order valence-corrected chi connectivity index (χ4v) is 2.68. The van der Waals surface area contributed by atoms with Gasteiger partial charge in [-0.25, -0.2) is 0 Å². The highest BCUT2D eigenvalue weighted by Gasteiger charge is 2.18. The lowest BCUT2D eigenvalue weighted by Gasteiger charge is -2.25. The molecule has 5 heteroatoms. The monoisotopic (exact) mass is 305 g/mol. The van der Waals surface area contributed by atoms with Crippen molar-refractivity contribution in [2.45, 2.75) is 25.0 Å². The quantitative estimate of drug-likeness (QED) is 0.794. The molecule has 0 aliphatic carbocycles. The third-order valence-corrected chi connectivity index (χ3v) is 3.82. The van der Waals surface area contributed by atoms with E-state index in [2.05, 4.69) is 15.5 Å². The number of carbonyl (C=O) groups is 1. The van der Waals surface area contributed by atoms with Gasteiger partial charge in [0.05, 0.1) is 12.1 Å². The average molecular weight is 305 g/mol. The molecule has 1 aliphatic rings. The van der Waals surface area contributed by atoms with E-state index in [9.17, 15) is 4.79 Å². The second-order valence-corrected chi connectivity index (χ2v) is 6.05. The summed E-state index contributed by atoms with van der Waals surface area (Å²) in [6.45, 7) is 2.85. The molecule has 2 N–H and O–H groups in total. The van der Waals surface area contributed by atoms with E-state index < -0.39 is 0 Å². The summed E-state index contributed by atoms with van der Waals surface area (Å²) < 4.78 is 5.72. The van der Waals surface area contributed by atoms with E-state index in [1.54, 1.807) is 0 Å². The summed E-state index contributed by atoms with van der Waals surface area (Å²) in [5.41, 5.74) is 1.12. The van der Waals surface area contributed by atoms with Crippen LogP contribution in [0.15, 0.2) is 30.3 Å². The third-order valence-electron chi connectivity index (χ3n) is 3.82. The molecular formula is C17H27N3O2. The maximum Gasteiger partial charge on any atom is 0.246 e. The number of carbonyl (C=O) groups excluding carboxylic acids is 1. The molecule has 0 radical (unpaired) electrons. The first-order valence-corrected chi connectivity index (χ1v) is 7.96. The molecular weight excluding hydrogens is 278 g/mol. The Kier molecular flexibility index (Phi) is 6.83. The standard InChI is InChI=1S/C17H27N3O2/c1-20(2)12-16(14-6-4-3-5-7-14)19-17(21)13-22-15-8-10-18-11-9-15/h3-7,15-16,18H,8-13H2,1-2H3,(H,19,21). The van der Waals surface area contributed by atoms with Gasteiger partial charge in [-0.15, -0.1) is 0 Å². The van der Waals surface area contributed by atoms with Gasteiger partial charge in [0.2, 0.25) is 5.91 Å². The van der Waals surface area contributed by atoms with Crippen molar-refractivity contribution in [3.8, 4) is 0 Å². The molecule has 22 heavy (non-hydrogen) atoms. The zero-order valence-corrected chi connectivity index (χ0v) is 13.5. The Hall–Kier alpha value is -1.43. The van der Waals surface area contributed by atoms with Crippen LogP contribution in [-0.2, 0) is 9.53 Å². The van der Waals surface area contributed by atoms with Crippen LogP contribution in [0.2, 0.25) is 0 Å². The van der Waals surface area contributed by atoms with E-state index in [4.69, 9.17) is 4.74 Å². The molecule has 0 saturated carbocycles. The summed E-state index contributed by atoms with van der Waals surface area (Å²) in [4.78, 5) is 14.3. The van der Waals surface area contributed by atoms with Crippen molar-refractivity contribution < 1.29 is 9.53 Å². The van der Waals surface area contributed by atoms with E-state index in [0.29, 0.717) is 0 Å². The highest BCUT2D eigenvalue weighted by atomic mass is 16.5. The van der Waals surface area contributed by atoms with Crippen LogP contribution in [0.25, 0.3) is 0 Å². The Morgan fingerprint density at radius 2 is 2.00 bits per heavy atom. The van der Waals surface area contributed by atoms with Gasteiger partial charge in [0.25, 0.3) is 0 Å². The number of hydrogen-bond acceptors (Lipinski definition) is 4. The van der Waals surface area contributed by atoms with Crippen molar-refractivity contribution in [2.75, 3.05) is 40.3 Å². The Bertz CT molecular complexity index is 444. The zero-order valence-electron chi connectivity index (χ0n) is 13.5. The fraction of sp³-hybridized carbons (Fsp3) is 0.588. The summed E-state index contributed by atoms with van der Waals surface area (Å²) in [6, 6.07) is 10.0. The number of piperidine rings is 1. The number of ether oxygens (including phenoxy) is 1. The maximum absolute atomic E-state index is 12.2. The van der Waals surface area contributed by atoms with Crippen molar-refractivity contribution in [1.29, 1.82) is 0 Å². The first-order chi connectivity index (χ1) is 10.6. The fourth-order valence-electron chi connectivity index (χ4n) is 2.68. The summed E-state index contributed by atoms with van der Waals surface area (Å²) in [6.07, 6.45) is 2.16. The van der Waals surface area contributed by atoms with E-state index in [-0.39, 0.29) is 24.7 Å². The van der Waals surface area contributed by atoms with Gasteiger partial charge >= 0.3 is 0 Å². The smallest absolute Gasteiger partial charge is 0.246 e. The molecule has 0 bridgehead atoms. The second-order valence-electron chi connectivity index (χ2n) is 6.05. The highest BCUT2D eigenvalue weighted by molar-refractivity contribution is 5.77. The van der Waals surface area contributed by atoms with Gasteiger partial charge in [-0.3, -0.25) is 4.79 Å². The Morgan fingerprint density at radius 1 is 1.32 bits per heavy atom. The molecule has 1 heterocycles. The summed E-state index contributed by atoms with van der Waals surface area (Å²) in [7, 11) is 4.02. The number of benzene rings is 1. The topological polar surface area (TPSA) is 53.6 Å².